The molecule has 45 heavy (non-hydrogen) atoms. The molecule has 2 aromatic heterocycles. The highest BCUT2D eigenvalue weighted by Gasteiger charge is 2.27. The van der Waals surface area contributed by atoms with E-state index in [1.165, 1.54) is 25.4 Å². The van der Waals surface area contributed by atoms with Gasteiger partial charge in [0.05, 0.1) is 40.0 Å². The van der Waals surface area contributed by atoms with E-state index in [1.54, 1.807) is 19.4 Å². The summed E-state index contributed by atoms with van der Waals surface area (Å²) >= 11 is 19.3. The molecule has 238 valence electrons. The Bertz CT molecular complexity index is 1820. The lowest BCUT2D eigenvalue weighted by Crippen LogP contribution is -2.37. The summed E-state index contributed by atoms with van der Waals surface area (Å²) in [6.45, 7) is 1.01. The number of aromatic nitrogens is 3. The number of anilines is 2. The molecule has 2 heterocycles. The molecule has 2 aromatic carbocycles. The van der Waals surface area contributed by atoms with Crippen molar-refractivity contribution in [1.82, 2.24) is 20.3 Å². The summed E-state index contributed by atoms with van der Waals surface area (Å²) in [7, 11) is -1.26. The number of sulfonamides is 1. The van der Waals surface area contributed by atoms with Crippen LogP contribution in [0.2, 0.25) is 15.1 Å². The van der Waals surface area contributed by atoms with Crippen LogP contribution in [0.5, 0.6) is 5.88 Å². The molecule has 0 saturated heterocycles. The van der Waals surface area contributed by atoms with Crippen molar-refractivity contribution in [2.45, 2.75) is 36.6 Å². The van der Waals surface area contributed by atoms with Crippen LogP contribution in [-0.2, 0) is 19.6 Å². The first-order valence-electron chi connectivity index (χ1n) is 14.1. The Labute approximate surface area is 276 Å². The lowest BCUT2D eigenvalue weighted by molar-refractivity contribution is -0.126. The van der Waals surface area contributed by atoms with Crippen molar-refractivity contribution in [2.75, 3.05) is 37.4 Å². The van der Waals surface area contributed by atoms with Crippen LogP contribution in [0.15, 0.2) is 53.7 Å². The number of halogens is 3. The van der Waals surface area contributed by atoms with Gasteiger partial charge in [0.25, 0.3) is 10.0 Å². The standard InChI is InChI=1S/C30H31Cl3N6O5S/c1-43-12-11-34-28(40)17-3-6-21(7-4-17)37-30-36-15-19-13-18(5-9-23(19)38-30)26-22(32)8-10-24(27(26)33)39-45(41,42)25-14-20(31)16-35-29(25)44-2/h5,8-10,13-17,21,39H,3-4,6-7,11-12H2,1-2H3,(H,34,40)(H,36,37,38). The van der Waals surface area contributed by atoms with Crippen molar-refractivity contribution in [1.29, 1.82) is 0 Å². The van der Waals surface area contributed by atoms with Gasteiger partial charge in [0, 0.05) is 49.0 Å². The third-order valence-corrected chi connectivity index (χ3v) is 9.78. The molecule has 1 amide bonds. The van der Waals surface area contributed by atoms with Gasteiger partial charge in [-0.3, -0.25) is 9.52 Å². The van der Waals surface area contributed by atoms with Crippen LogP contribution in [0.4, 0.5) is 11.6 Å². The van der Waals surface area contributed by atoms with Crippen LogP contribution in [0.25, 0.3) is 22.0 Å². The van der Waals surface area contributed by atoms with Crippen LogP contribution >= 0.6 is 34.8 Å². The number of carbonyl (C=O) groups is 1. The second-order valence-electron chi connectivity index (χ2n) is 10.5. The highest BCUT2D eigenvalue weighted by Crippen LogP contribution is 2.41. The molecule has 3 N–H and O–H groups in total. The van der Waals surface area contributed by atoms with Crippen LogP contribution in [0.3, 0.4) is 0 Å². The highest BCUT2D eigenvalue weighted by atomic mass is 35.5. The molecule has 0 bridgehead atoms. The fourth-order valence-corrected chi connectivity index (χ4v) is 7.34. The first-order valence-corrected chi connectivity index (χ1v) is 16.7. The van der Waals surface area contributed by atoms with Crippen LogP contribution in [0, 0.1) is 5.92 Å². The molecule has 1 aliphatic rings. The fourth-order valence-electron chi connectivity index (χ4n) is 5.21. The summed E-state index contributed by atoms with van der Waals surface area (Å²) in [4.78, 5) is 25.2. The molecule has 1 fully saturated rings. The number of fused-ring (bicyclic) bond motifs is 1. The summed E-state index contributed by atoms with van der Waals surface area (Å²) in [6.07, 6.45) is 6.23. The van der Waals surface area contributed by atoms with E-state index in [0.717, 1.165) is 31.1 Å². The van der Waals surface area contributed by atoms with Crippen molar-refractivity contribution >= 4 is 73.3 Å². The molecule has 1 aliphatic carbocycles. The topological polar surface area (TPSA) is 144 Å². The van der Waals surface area contributed by atoms with Crippen molar-refractivity contribution in [3.63, 3.8) is 0 Å². The van der Waals surface area contributed by atoms with Gasteiger partial charge in [-0.05, 0) is 61.6 Å². The van der Waals surface area contributed by atoms with Crippen molar-refractivity contribution in [2.24, 2.45) is 5.92 Å². The van der Waals surface area contributed by atoms with E-state index in [4.69, 9.17) is 44.3 Å². The Morgan fingerprint density at radius 1 is 1.00 bits per heavy atom. The number of pyridine rings is 1. The molecule has 1 saturated carbocycles. The highest BCUT2D eigenvalue weighted by molar-refractivity contribution is 7.92. The monoisotopic (exact) mass is 692 g/mol. The van der Waals surface area contributed by atoms with E-state index >= 15 is 0 Å². The summed E-state index contributed by atoms with van der Waals surface area (Å²) in [5.41, 5.74) is 1.89. The summed E-state index contributed by atoms with van der Waals surface area (Å²) in [5.74, 6) is 0.459. The quantitative estimate of drug-likeness (QED) is 0.157. The van der Waals surface area contributed by atoms with E-state index in [2.05, 4.69) is 30.3 Å². The number of nitrogens with zero attached hydrogens (tertiary/aromatic N) is 3. The third kappa shape index (κ3) is 7.70. The second kappa shape index (κ2) is 14.3. The molecule has 0 unspecified atom stereocenters. The zero-order valence-electron chi connectivity index (χ0n) is 24.4. The second-order valence-corrected chi connectivity index (χ2v) is 13.4. The van der Waals surface area contributed by atoms with Gasteiger partial charge in [-0.25, -0.2) is 23.4 Å². The first kappa shape index (κ1) is 33.0. The number of hydrogen-bond acceptors (Lipinski definition) is 9. The van der Waals surface area contributed by atoms with Crippen molar-refractivity contribution < 1.29 is 22.7 Å². The predicted molar refractivity (Wildman–Crippen MR) is 176 cm³/mol. The van der Waals surface area contributed by atoms with Crippen LogP contribution in [0.1, 0.15) is 25.7 Å². The van der Waals surface area contributed by atoms with Crippen molar-refractivity contribution in [3.05, 3.63) is 63.9 Å². The molecule has 4 aromatic rings. The van der Waals surface area contributed by atoms with Gasteiger partial charge >= 0.3 is 0 Å². The van der Waals surface area contributed by atoms with E-state index in [1.807, 2.05) is 18.2 Å². The zero-order chi connectivity index (χ0) is 32.1. The van der Waals surface area contributed by atoms with Gasteiger partial charge in [-0.15, -0.1) is 0 Å². The van der Waals surface area contributed by atoms with Gasteiger partial charge in [0.15, 0.2) is 4.90 Å². The Hall–Kier alpha value is -3.42. The normalized spacial score (nSPS) is 16.7. The lowest BCUT2D eigenvalue weighted by atomic mass is 9.85. The Morgan fingerprint density at radius 3 is 2.51 bits per heavy atom. The molecule has 0 spiro atoms. The molecular formula is C30H31Cl3N6O5S. The number of ether oxygens (including phenoxy) is 2. The SMILES string of the molecule is COCCNC(=O)C1CCC(Nc2ncc3cc(-c4c(Cl)ccc(NS(=O)(=O)c5cc(Cl)cnc5OC)c4Cl)ccc3n2)CC1. The molecule has 0 atom stereocenters. The minimum atomic E-state index is -4.18. The Kier molecular flexibility index (Phi) is 10.5. The molecule has 15 heteroatoms. The number of nitrogens with one attached hydrogen (secondary N) is 3. The molecule has 0 aliphatic heterocycles. The zero-order valence-corrected chi connectivity index (χ0v) is 27.5. The smallest absolute Gasteiger partial charge is 0.267 e. The van der Waals surface area contributed by atoms with Crippen molar-refractivity contribution in [3.8, 4) is 17.0 Å². The minimum Gasteiger partial charge on any atom is -0.480 e. The van der Waals surface area contributed by atoms with E-state index in [0.29, 0.717) is 40.8 Å². The predicted octanol–water partition coefficient (Wildman–Crippen LogP) is 6.19. The van der Waals surface area contributed by atoms with Gasteiger partial charge in [0.2, 0.25) is 17.7 Å². The largest absolute Gasteiger partial charge is 0.480 e. The average Bonchev–Trinajstić information content (AvgIpc) is 3.03. The Morgan fingerprint density at radius 2 is 1.78 bits per heavy atom. The maximum atomic E-state index is 13.2. The number of carbonyl (C=O) groups excluding carboxylic acids is 1. The van der Waals surface area contributed by atoms with Gasteiger partial charge in [-0.2, -0.15) is 0 Å². The Balaban J connectivity index is 1.31. The lowest BCUT2D eigenvalue weighted by Gasteiger charge is -2.28. The molecule has 0 radical (unpaired) electrons. The maximum Gasteiger partial charge on any atom is 0.267 e. The average molecular weight is 694 g/mol. The molecule has 11 nitrogen and oxygen atoms in total. The van der Waals surface area contributed by atoms with Gasteiger partial charge < -0.3 is 20.1 Å². The van der Waals surface area contributed by atoms with E-state index < -0.39 is 10.0 Å². The number of methoxy groups -OCH3 is 2. The first-order chi connectivity index (χ1) is 21.6. The number of hydrogen-bond donors (Lipinski definition) is 3. The molecule has 5 rings (SSSR count). The minimum absolute atomic E-state index is 0.0000177. The number of rotatable bonds is 11. The number of benzene rings is 2. The summed E-state index contributed by atoms with van der Waals surface area (Å²) in [6, 6.07) is 9.90. The fraction of sp³-hybridized carbons (Fsp3) is 0.333. The van der Waals surface area contributed by atoms with E-state index in [-0.39, 0.29) is 44.4 Å². The summed E-state index contributed by atoms with van der Waals surface area (Å²) in [5, 5.41) is 7.61. The number of amides is 1. The maximum absolute atomic E-state index is 13.2. The van der Waals surface area contributed by atoms with Crippen LogP contribution < -0.4 is 20.1 Å². The van der Waals surface area contributed by atoms with E-state index in [9.17, 15) is 13.2 Å². The van der Waals surface area contributed by atoms with Crippen LogP contribution in [-0.4, -0.2) is 62.7 Å². The third-order valence-electron chi connectivity index (χ3n) is 7.51. The van der Waals surface area contributed by atoms with Gasteiger partial charge in [0.1, 0.15) is 0 Å². The van der Waals surface area contributed by atoms with Gasteiger partial charge in [-0.1, -0.05) is 40.9 Å². The summed E-state index contributed by atoms with van der Waals surface area (Å²) < 4.78 is 39.1. The molecular weight excluding hydrogens is 663 g/mol.